The topological polar surface area (TPSA) is 69.6 Å². The minimum atomic E-state index is -0.432. The predicted molar refractivity (Wildman–Crippen MR) is 79.2 cm³/mol. The van der Waals surface area contributed by atoms with Gasteiger partial charge in [-0.2, -0.15) is 0 Å². The zero-order valence-corrected chi connectivity index (χ0v) is 12.7. The number of rotatable bonds is 3. The standard InChI is InChI=1S/C15H18FN5O2/c16-12-7-17-9-18-14(12)19-5-3-10(4-6-19)20-8-13(22)21(15(20)23)11-1-2-11/h7,9-11H,1-6,8H2. The molecular weight excluding hydrogens is 301 g/mol. The van der Waals surface area contributed by atoms with Crippen molar-refractivity contribution >= 4 is 17.8 Å². The first-order valence-electron chi connectivity index (χ1n) is 7.98. The molecule has 1 saturated carbocycles. The van der Waals surface area contributed by atoms with E-state index < -0.39 is 5.82 Å². The molecule has 2 saturated heterocycles. The maximum atomic E-state index is 13.8. The third-order valence-electron chi connectivity index (χ3n) is 4.79. The number of anilines is 1. The number of aromatic nitrogens is 2. The second-order valence-corrected chi connectivity index (χ2v) is 6.32. The Kier molecular flexibility index (Phi) is 3.39. The van der Waals surface area contributed by atoms with E-state index in [1.54, 1.807) is 4.90 Å². The molecule has 0 unspecified atom stereocenters. The fraction of sp³-hybridized carbons (Fsp3) is 0.600. The van der Waals surface area contributed by atoms with Crippen molar-refractivity contribution in [2.45, 2.75) is 37.8 Å². The van der Waals surface area contributed by atoms with Crippen molar-refractivity contribution in [3.8, 4) is 0 Å². The summed E-state index contributed by atoms with van der Waals surface area (Å²) in [4.78, 5) is 37.1. The average Bonchev–Trinajstić information content (AvgIpc) is 3.34. The van der Waals surface area contributed by atoms with Crippen LogP contribution in [0.5, 0.6) is 0 Å². The molecule has 0 radical (unpaired) electrons. The van der Waals surface area contributed by atoms with Crippen LogP contribution in [0.1, 0.15) is 25.7 Å². The average molecular weight is 319 g/mol. The summed E-state index contributed by atoms with van der Waals surface area (Å²) in [5.41, 5.74) is 0. The van der Waals surface area contributed by atoms with Gasteiger partial charge in [0, 0.05) is 25.2 Å². The van der Waals surface area contributed by atoms with Gasteiger partial charge >= 0.3 is 6.03 Å². The SMILES string of the molecule is O=C1CN(C2CCN(c3ncncc3F)CC2)C(=O)N1C1CC1. The summed E-state index contributed by atoms with van der Waals surface area (Å²) < 4.78 is 13.8. The van der Waals surface area contributed by atoms with Crippen LogP contribution in [0.15, 0.2) is 12.5 Å². The van der Waals surface area contributed by atoms with Crippen LogP contribution < -0.4 is 4.90 Å². The quantitative estimate of drug-likeness (QED) is 0.778. The number of nitrogens with zero attached hydrogens (tertiary/aromatic N) is 5. The molecule has 3 amide bonds. The zero-order chi connectivity index (χ0) is 16.0. The number of hydrogen-bond acceptors (Lipinski definition) is 5. The van der Waals surface area contributed by atoms with Gasteiger partial charge in [0.15, 0.2) is 11.6 Å². The second-order valence-electron chi connectivity index (χ2n) is 6.32. The second kappa shape index (κ2) is 5.43. The van der Waals surface area contributed by atoms with Crippen LogP contribution >= 0.6 is 0 Å². The Morgan fingerprint density at radius 2 is 1.83 bits per heavy atom. The molecule has 0 N–H and O–H groups in total. The molecule has 0 atom stereocenters. The smallest absolute Gasteiger partial charge is 0.327 e. The lowest BCUT2D eigenvalue weighted by Gasteiger charge is -2.36. The Labute approximate surface area is 133 Å². The van der Waals surface area contributed by atoms with Crippen LogP contribution in [-0.2, 0) is 4.79 Å². The fourth-order valence-electron chi connectivity index (χ4n) is 3.44. The Hall–Kier alpha value is -2.25. The molecule has 0 aromatic carbocycles. The van der Waals surface area contributed by atoms with Gasteiger partial charge in [-0.3, -0.25) is 9.69 Å². The summed E-state index contributed by atoms with van der Waals surface area (Å²) >= 11 is 0. The van der Waals surface area contributed by atoms with Crippen LogP contribution in [0.3, 0.4) is 0 Å². The van der Waals surface area contributed by atoms with E-state index in [0.29, 0.717) is 31.7 Å². The number of imide groups is 1. The van der Waals surface area contributed by atoms with Gasteiger partial charge in [-0.1, -0.05) is 0 Å². The van der Waals surface area contributed by atoms with Gasteiger partial charge in [0.1, 0.15) is 12.9 Å². The van der Waals surface area contributed by atoms with Crippen LogP contribution in [0.2, 0.25) is 0 Å². The van der Waals surface area contributed by atoms with Crippen molar-refractivity contribution in [3.05, 3.63) is 18.3 Å². The Balaban J connectivity index is 1.41. The first kappa shape index (κ1) is 14.3. The van der Waals surface area contributed by atoms with Crippen LogP contribution in [0.4, 0.5) is 15.0 Å². The van der Waals surface area contributed by atoms with Crippen molar-refractivity contribution in [1.29, 1.82) is 0 Å². The summed E-state index contributed by atoms with van der Waals surface area (Å²) in [6.07, 6.45) is 5.76. The highest BCUT2D eigenvalue weighted by atomic mass is 19.1. The van der Waals surface area contributed by atoms with Gasteiger partial charge in [-0.15, -0.1) is 0 Å². The van der Waals surface area contributed by atoms with Crippen molar-refractivity contribution in [2.24, 2.45) is 0 Å². The molecule has 122 valence electrons. The van der Waals surface area contributed by atoms with Gasteiger partial charge < -0.3 is 9.80 Å². The number of carbonyl (C=O) groups is 2. The molecule has 23 heavy (non-hydrogen) atoms. The largest absolute Gasteiger partial charge is 0.354 e. The highest BCUT2D eigenvalue weighted by molar-refractivity contribution is 6.02. The van der Waals surface area contributed by atoms with E-state index in [1.807, 2.05) is 4.90 Å². The summed E-state index contributed by atoms with van der Waals surface area (Å²) in [6, 6.07) is 0.00992. The molecule has 1 aromatic heterocycles. The van der Waals surface area contributed by atoms with Gasteiger partial charge in [-0.05, 0) is 25.7 Å². The van der Waals surface area contributed by atoms with E-state index in [1.165, 1.54) is 11.2 Å². The maximum Gasteiger partial charge on any atom is 0.327 e. The lowest BCUT2D eigenvalue weighted by Crippen LogP contribution is -2.47. The van der Waals surface area contributed by atoms with E-state index in [4.69, 9.17) is 0 Å². The van der Waals surface area contributed by atoms with Crippen molar-refractivity contribution in [3.63, 3.8) is 0 Å². The molecule has 4 rings (SSSR count). The number of halogens is 1. The van der Waals surface area contributed by atoms with E-state index in [9.17, 15) is 14.0 Å². The van der Waals surface area contributed by atoms with Gasteiger partial charge in [0.25, 0.3) is 5.91 Å². The first-order valence-corrected chi connectivity index (χ1v) is 7.98. The zero-order valence-electron chi connectivity index (χ0n) is 12.7. The summed E-state index contributed by atoms with van der Waals surface area (Å²) in [5, 5.41) is 0. The molecule has 2 aliphatic heterocycles. The molecule has 0 spiro atoms. The lowest BCUT2D eigenvalue weighted by atomic mass is 10.0. The molecule has 0 bridgehead atoms. The van der Waals surface area contributed by atoms with Gasteiger partial charge in [-0.25, -0.2) is 19.2 Å². The highest BCUT2D eigenvalue weighted by Crippen LogP contribution is 2.33. The number of carbonyl (C=O) groups excluding carboxylic acids is 2. The van der Waals surface area contributed by atoms with Crippen LogP contribution in [0.25, 0.3) is 0 Å². The Morgan fingerprint density at radius 1 is 1.09 bits per heavy atom. The minimum Gasteiger partial charge on any atom is -0.354 e. The van der Waals surface area contributed by atoms with E-state index in [-0.39, 0.29) is 30.6 Å². The lowest BCUT2D eigenvalue weighted by molar-refractivity contribution is -0.125. The van der Waals surface area contributed by atoms with Crippen LogP contribution in [-0.4, -0.2) is 63.4 Å². The third-order valence-corrected chi connectivity index (χ3v) is 4.79. The number of amides is 3. The molecule has 3 fully saturated rings. The van der Waals surface area contributed by atoms with Gasteiger partial charge in [0.2, 0.25) is 0 Å². The van der Waals surface area contributed by atoms with E-state index in [0.717, 1.165) is 19.0 Å². The predicted octanol–water partition coefficient (Wildman–Crippen LogP) is 1.01. The maximum absolute atomic E-state index is 13.8. The molecular formula is C15H18FN5O2. The van der Waals surface area contributed by atoms with E-state index in [2.05, 4.69) is 9.97 Å². The minimum absolute atomic E-state index is 0.0383. The summed E-state index contributed by atoms with van der Waals surface area (Å²) in [5.74, 6) is -0.207. The van der Waals surface area contributed by atoms with Crippen molar-refractivity contribution in [1.82, 2.24) is 19.8 Å². The van der Waals surface area contributed by atoms with Crippen molar-refractivity contribution < 1.29 is 14.0 Å². The molecule has 3 aliphatic rings. The summed E-state index contributed by atoms with van der Waals surface area (Å²) in [6.45, 7) is 1.40. The molecule has 7 nitrogen and oxygen atoms in total. The van der Waals surface area contributed by atoms with Gasteiger partial charge in [0.05, 0.1) is 6.20 Å². The number of piperidine rings is 1. The van der Waals surface area contributed by atoms with Crippen molar-refractivity contribution in [2.75, 3.05) is 24.5 Å². The number of urea groups is 1. The molecule has 1 aromatic rings. The normalized spacial score (nSPS) is 23.1. The Morgan fingerprint density at radius 3 is 2.48 bits per heavy atom. The molecule has 3 heterocycles. The third kappa shape index (κ3) is 2.51. The fourth-order valence-corrected chi connectivity index (χ4v) is 3.44. The van der Waals surface area contributed by atoms with E-state index >= 15 is 0 Å². The molecule has 8 heteroatoms. The summed E-state index contributed by atoms with van der Waals surface area (Å²) in [7, 11) is 0. The monoisotopic (exact) mass is 319 g/mol. The van der Waals surface area contributed by atoms with Crippen LogP contribution in [0, 0.1) is 5.82 Å². The highest BCUT2D eigenvalue weighted by Gasteiger charge is 2.47. The molecule has 1 aliphatic carbocycles. The Bertz CT molecular complexity index is 643. The number of hydrogen-bond donors (Lipinski definition) is 0. The first-order chi connectivity index (χ1) is 11.1.